The van der Waals surface area contributed by atoms with Crippen LogP contribution in [0.25, 0.3) is 0 Å². The second kappa shape index (κ2) is 5.90. The maximum Gasteiger partial charge on any atom is 0.233 e. The fourth-order valence-electron chi connectivity index (χ4n) is 3.24. The van der Waals surface area contributed by atoms with Gasteiger partial charge in [-0.15, -0.1) is 0 Å². The Morgan fingerprint density at radius 3 is 2.37 bits per heavy atom. The number of hydrogen-bond acceptors (Lipinski definition) is 3. The van der Waals surface area contributed by atoms with E-state index < -0.39 is 14.5 Å². The summed E-state index contributed by atoms with van der Waals surface area (Å²) >= 11 is 0. The first-order valence-electron chi connectivity index (χ1n) is 6.93. The molecule has 0 spiro atoms. The Kier molecular flexibility index (Phi) is 5.36. The van der Waals surface area contributed by atoms with Gasteiger partial charge in [0.15, 0.2) is 0 Å². The van der Waals surface area contributed by atoms with Gasteiger partial charge in [0.05, 0.1) is 18.5 Å². The van der Waals surface area contributed by atoms with Gasteiger partial charge in [-0.05, 0) is 30.6 Å². The molecule has 3 nitrogen and oxygen atoms in total. The van der Waals surface area contributed by atoms with Gasteiger partial charge < -0.3 is 4.74 Å². The van der Waals surface area contributed by atoms with Crippen LogP contribution in [-0.2, 0) is 13.8 Å². The zero-order valence-electron chi connectivity index (χ0n) is 12.7. The molecule has 5 heteroatoms. The van der Waals surface area contributed by atoms with Gasteiger partial charge in [-0.1, -0.05) is 34.6 Å². The molecule has 2 atom stereocenters. The van der Waals surface area contributed by atoms with Crippen LogP contribution in [0.4, 0.5) is 0 Å². The minimum atomic E-state index is -3.48. The molecule has 114 valence electrons. The molecule has 0 saturated heterocycles. The van der Waals surface area contributed by atoms with Crippen LogP contribution >= 0.6 is 10.7 Å². The van der Waals surface area contributed by atoms with E-state index >= 15 is 0 Å². The molecule has 1 fully saturated rings. The van der Waals surface area contributed by atoms with E-state index in [2.05, 4.69) is 20.8 Å². The molecule has 0 radical (unpaired) electrons. The summed E-state index contributed by atoms with van der Waals surface area (Å²) in [5, 5.41) is 0. The van der Waals surface area contributed by atoms with Gasteiger partial charge in [0.1, 0.15) is 0 Å². The van der Waals surface area contributed by atoms with E-state index in [-0.39, 0.29) is 11.9 Å². The average Bonchev–Trinajstić information content (AvgIpc) is 2.07. The van der Waals surface area contributed by atoms with Crippen molar-refractivity contribution in [3.8, 4) is 0 Å². The SMILES string of the molecule is CC1CC(OCC(C)(C)CS(=O)(=O)Cl)CC(C)(C)C1. The van der Waals surface area contributed by atoms with Crippen molar-refractivity contribution in [1.29, 1.82) is 0 Å². The third-order valence-corrected chi connectivity index (χ3v) is 5.07. The van der Waals surface area contributed by atoms with Gasteiger partial charge in [0.25, 0.3) is 0 Å². The second-order valence-corrected chi connectivity index (χ2v) is 10.5. The topological polar surface area (TPSA) is 43.4 Å². The van der Waals surface area contributed by atoms with Crippen LogP contribution in [0.3, 0.4) is 0 Å². The highest BCUT2D eigenvalue weighted by Crippen LogP contribution is 2.40. The molecule has 0 bridgehead atoms. The van der Waals surface area contributed by atoms with Crippen LogP contribution in [-0.4, -0.2) is 26.9 Å². The molecule has 0 N–H and O–H groups in total. The molecule has 0 aromatic rings. The molecule has 1 aliphatic rings. The zero-order chi connectivity index (χ0) is 14.9. The maximum absolute atomic E-state index is 11.2. The first-order valence-corrected chi connectivity index (χ1v) is 9.40. The summed E-state index contributed by atoms with van der Waals surface area (Å²) in [5.41, 5.74) is -0.129. The molecular formula is C14H27ClO3S. The van der Waals surface area contributed by atoms with E-state index in [1.54, 1.807) is 0 Å². The highest BCUT2D eigenvalue weighted by molar-refractivity contribution is 8.13. The Balaban J connectivity index is 2.52. The van der Waals surface area contributed by atoms with E-state index in [4.69, 9.17) is 15.4 Å². The Labute approximate surface area is 122 Å². The lowest BCUT2D eigenvalue weighted by Crippen LogP contribution is -2.36. The highest BCUT2D eigenvalue weighted by atomic mass is 35.7. The van der Waals surface area contributed by atoms with Crippen LogP contribution in [0, 0.1) is 16.7 Å². The van der Waals surface area contributed by atoms with E-state index in [1.165, 1.54) is 6.42 Å². The summed E-state index contributed by atoms with van der Waals surface area (Å²) in [4.78, 5) is 0. The molecule has 0 aliphatic heterocycles. The summed E-state index contributed by atoms with van der Waals surface area (Å²) in [6.45, 7) is 11.0. The van der Waals surface area contributed by atoms with Crippen LogP contribution < -0.4 is 0 Å². The lowest BCUT2D eigenvalue weighted by molar-refractivity contribution is -0.0475. The molecular weight excluding hydrogens is 284 g/mol. The summed E-state index contributed by atoms with van der Waals surface area (Å²) in [6, 6.07) is 0. The molecule has 0 aromatic carbocycles. The number of halogens is 1. The molecule has 2 unspecified atom stereocenters. The summed E-state index contributed by atoms with van der Waals surface area (Å²) in [5.74, 6) is 0.612. The van der Waals surface area contributed by atoms with Crippen molar-refractivity contribution >= 4 is 19.7 Å². The fourth-order valence-corrected chi connectivity index (χ4v) is 5.14. The Morgan fingerprint density at radius 1 is 1.32 bits per heavy atom. The van der Waals surface area contributed by atoms with Crippen molar-refractivity contribution in [2.24, 2.45) is 16.7 Å². The molecule has 0 amide bonds. The number of rotatable bonds is 5. The van der Waals surface area contributed by atoms with Gasteiger partial charge in [0, 0.05) is 16.1 Å². The van der Waals surface area contributed by atoms with Crippen LogP contribution in [0.15, 0.2) is 0 Å². The highest BCUT2D eigenvalue weighted by Gasteiger charge is 2.34. The average molecular weight is 311 g/mol. The van der Waals surface area contributed by atoms with Crippen LogP contribution in [0.1, 0.15) is 53.9 Å². The monoisotopic (exact) mass is 310 g/mol. The number of hydrogen-bond donors (Lipinski definition) is 0. The predicted molar refractivity (Wildman–Crippen MR) is 80.0 cm³/mol. The summed E-state index contributed by atoms with van der Waals surface area (Å²) in [7, 11) is 1.85. The molecule has 0 aromatic heterocycles. The normalized spacial score (nSPS) is 28.3. The molecule has 19 heavy (non-hydrogen) atoms. The number of ether oxygens (including phenoxy) is 1. The Bertz CT molecular complexity index is 401. The smallest absolute Gasteiger partial charge is 0.233 e. The van der Waals surface area contributed by atoms with Crippen LogP contribution in [0.5, 0.6) is 0 Å². The fraction of sp³-hybridized carbons (Fsp3) is 1.00. The first-order chi connectivity index (χ1) is 8.39. The van der Waals surface area contributed by atoms with Gasteiger partial charge in [-0.3, -0.25) is 0 Å². The predicted octanol–water partition coefficient (Wildman–Crippen LogP) is 3.81. The molecule has 0 heterocycles. The largest absolute Gasteiger partial charge is 0.378 e. The van der Waals surface area contributed by atoms with E-state index in [0.717, 1.165) is 12.8 Å². The standard InChI is InChI=1S/C14H27ClO3S/c1-11-6-12(8-13(2,3)7-11)18-9-14(4,5)10-19(15,16)17/h11-12H,6-10H2,1-5H3. The van der Waals surface area contributed by atoms with Crippen molar-refractivity contribution in [2.75, 3.05) is 12.4 Å². The Hall–Kier alpha value is 0.200. The quantitative estimate of drug-likeness (QED) is 0.725. The third kappa shape index (κ3) is 6.96. The van der Waals surface area contributed by atoms with E-state index in [1.807, 2.05) is 13.8 Å². The zero-order valence-corrected chi connectivity index (χ0v) is 14.3. The molecule has 1 aliphatic carbocycles. The van der Waals surface area contributed by atoms with Gasteiger partial charge in [0.2, 0.25) is 9.05 Å². The molecule has 1 rings (SSSR count). The lowest BCUT2D eigenvalue weighted by Gasteiger charge is -2.39. The van der Waals surface area contributed by atoms with E-state index in [9.17, 15) is 8.42 Å². The van der Waals surface area contributed by atoms with Gasteiger partial charge in [-0.2, -0.15) is 0 Å². The van der Waals surface area contributed by atoms with Crippen LogP contribution in [0.2, 0.25) is 0 Å². The van der Waals surface area contributed by atoms with Gasteiger partial charge in [-0.25, -0.2) is 8.42 Å². The minimum absolute atomic E-state index is 0.0484. The van der Waals surface area contributed by atoms with Crippen molar-refractivity contribution in [2.45, 2.75) is 60.0 Å². The Morgan fingerprint density at radius 2 is 1.89 bits per heavy atom. The second-order valence-electron chi connectivity index (χ2n) is 7.69. The first kappa shape index (κ1) is 17.3. The van der Waals surface area contributed by atoms with Crippen molar-refractivity contribution in [3.63, 3.8) is 0 Å². The minimum Gasteiger partial charge on any atom is -0.378 e. The van der Waals surface area contributed by atoms with Gasteiger partial charge >= 0.3 is 0 Å². The van der Waals surface area contributed by atoms with Crippen molar-refractivity contribution in [1.82, 2.24) is 0 Å². The van der Waals surface area contributed by atoms with Crippen molar-refractivity contribution < 1.29 is 13.2 Å². The summed E-state index contributed by atoms with van der Waals surface area (Å²) in [6.07, 6.45) is 3.57. The lowest BCUT2D eigenvalue weighted by atomic mass is 9.71. The third-order valence-electron chi connectivity index (χ3n) is 3.62. The summed E-state index contributed by atoms with van der Waals surface area (Å²) < 4.78 is 28.3. The van der Waals surface area contributed by atoms with Crippen molar-refractivity contribution in [3.05, 3.63) is 0 Å². The van der Waals surface area contributed by atoms with E-state index in [0.29, 0.717) is 17.9 Å². The molecule has 1 saturated carbocycles. The maximum atomic E-state index is 11.2.